The fraction of sp³-hybridized carbons (Fsp3) is 0.829. The lowest BCUT2D eigenvalue weighted by Crippen LogP contribution is -2.34. The first kappa shape index (κ1) is 51.0. The Morgan fingerprint density at radius 2 is 1.00 bits per heavy atom. The smallest absolute Gasteiger partial charge is 0.472 e. The number of nitrogens with two attached hydrogens (primary N) is 1. The topological polar surface area (TPSA) is 172 Å². The third-order valence-corrected chi connectivity index (χ3v) is 9.90. The SMILES string of the molecule is CCCCC/C=C\C/C=C\CCCCCCCCCCCC(=O)OC(COC(=O)CCCCCCCCCCCC)COP(=O)(O)OCC(N)C(=O)O. The zero-order valence-corrected chi connectivity index (χ0v) is 34.3. The molecule has 3 unspecified atom stereocenters. The molecule has 0 fully saturated rings. The summed E-state index contributed by atoms with van der Waals surface area (Å²) < 4.78 is 32.6. The van der Waals surface area contributed by atoms with E-state index < -0.39 is 51.1 Å². The molecular weight excluding hydrogens is 697 g/mol. The van der Waals surface area contributed by atoms with Crippen LogP contribution in [-0.4, -0.2) is 59.9 Å². The van der Waals surface area contributed by atoms with Gasteiger partial charge in [-0.3, -0.25) is 23.4 Å². The molecule has 310 valence electrons. The van der Waals surface area contributed by atoms with Crippen LogP contribution < -0.4 is 5.73 Å². The summed E-state index contributed by atoms with van der Waals surface area (Å²) in [6.45, 7) is 2.76. The quantitative estimate of drug-likeness (QED) is 0.0235. The fourth-order valence-electron chi connectivity index (χ4n) is 5.62. The molecule has 0 aromatic heterocycles. The van der Waals surface area contributed by atoms with Crippen LogP contribution in [0.3, 0.4) is 0 Å². The van der Waals surface area contributed by atoms with Gasteiger partial charge in [0.25, 0.3) is 0 Å². The predicted octanol–water partition coefficient (Wildman–Crippen LogP) is 10.7. The number of aliphatic carboxylic acids is 1. The number of carbonyl (C=O) groups is 3. The molecule has 0 aliphatic carbocycles. The number of phosphoric ester groups is 1. The van der Waals surface area contributed by atoms with Crippen LogP contribution in [0.4, 0.5) is 0 Å². The first-order chi connectivity index (χ1) is 25.6. The maximum atomic E-state index is 12.6. The second-order valence-electron chi connectivity index (χ2n) is 14.1. The normalized spacial score (nSPS) is 14.0. The van der Waals surface area contributed by atoms with Gasteiger partial charge < -0.3 is 25.2 Å². The fourth-order valence-corrected chi connectivity index (χ4v) is 6.40. The third kappa shape index (κ3) is 36.7. The summed E-state index contributed by atoms with van der Waals surface area (Å²) in [4.78, 5) is 45.8. The molecule has 0 bridgehead atoms. The number of hydrogen-bond donors (Lipinski definition) is 3. The van der Waals surface area contributed by atoms with Crippen molar-refractivity contribution in [2.75, 3.05) is 19.8 Å². The van der Waals surface area contributed by atoms with Gasteiger partial charge in [-0.1, -0.05) is 154 Å². The minimum Gasteiger partial charge on any atom is -0.480 e. The molecule has 0 aliphatic heterocycles. The van der Waals surface area contributed by atoms with Crippen molar-refractivity contribution < 1.29 is 47.5 Å². The Hall–Kier alpha value is -2.04. The van der Waals surface area contributed by atoms with Crippen LogP contribution in [0.2, 0.25) is 0 Å². The molecule has 53 heavy (non-hydrogen) atoms. The van der Waals surface area contributed by atoms with Crippen LogP contribution in [0.25, 0.3) is 0 Å². The van der Waals surface area contributed by atoms with E-state index in [-0.39, 0.29) is 19.4 Å². The highest BCUT2D eigenvalue weighted by Gasteiger charge is 2.28. The first-order valence-electron chi connectivity index (χ1n) is 20.9. The van der Waals surface area contributed by atoms with Gasteiger partial charge in [0.2, 0.25) is 0 Å². The van der Waals surface area contributed by atoms with E-state index in [9.17, 15) is 23.8 Å². The highest BCUT2D eigenvalue weighted by molar-refractivity contribution is 7.47. The largest absolute Gasteiger partial charge is 0.480 e. The number of ether oxygens (including phenoxy) is 2. The van der Waals surface area contributed by atoms with E-state index in [2.05, 4.69) is 42.7 Å². The van der Waals surface area contributed by atoms with Crippen molar-refractivity contribution in [3.63, 3.8) is 0 Å². The van der Waals surface area contributed by atoms with Crippen LogP contribution in [-0.2, 0) is 37.5 Å². The van der Waals surface area contributed by atoms with Gasteiger partial charge in [-0.2, -0.15) is 0 Å². The van der Waals surface area contributed by atoms with E-state index >= 15 is 0 Å². The maximum absolute atomic E-state index is 12.6. The molecule has 0 saturated heterocycles. The molecule has 0 aromatic carbocycles. The van der Waals surface area contributed by atoms with Crippen molar-refractivity contribution >= 4 is 25.7 Å². The Bertz CT molecular complexity index is 1010. The number of carboxylic acid groups (broad SMARTS) is 1. The monoisotopic (exact) mass is 774 g/mol. The highest BCUT2D eigenvalue weighted by Crippen LogP contribution is 2.43. The standard InChI is InChI=1S/C41H76NO10P/c1-3-5-7-9-11-13-15-16-17-18-19-20-21-22-23-25-27-29-31-33-40(44)52-37(35-50-53(47,48)51-36-38(42)41(45)46)34-49-39(43)32-30-28-26-24-14-12-10-8-6-4-2/h11,13,16-17,37-38H,3-10,12,14-15,18-36,42H2,1-2H3,(H,45,46)(H,47,48)/b13-11-,17-16-. The van der Waals surface area contributed by atoms with Gasteiger partial charge in [0.1, 0.15) is 12.6 Å². The minimum atomic E-state index is -4.71. The predicted molar refractivity (Wildman–Crippen MR) is 212 cm³/mol. The Kier molecular flexibility index (Phi) is 35.5. The summed E-state index contributed by atoms with van der Waals surface area (Å²) >= 11 is 0. The summed E-state index contributed by atoms with van der Waals surface area (Å²) in [5.74, 6) is -2.38. The molecule has 0 saturated carbocycles. The lowest BCUT2D eigenvalue weighted by Gasteiger charge is -2.20. The summed E-state index contributed by atoms with van der Waals surface area (Å²) in [5, 5.41) is 8.87. The van der Waals surface area contributed by atoms with Crippen LogP contribution in [0.5, 0.6) is 0 Å². The van der Waals surface area contributed by atoms with E-state index in [1.165, 1.54) is 96.3 Å². The number of carbonyl (C=O) groups excluding carboxylic acids is 2. The van der Waals surface area contributed by atoms with Crippen molar-refractivity contribution in [2.24, 2.45) is 5.73 Å². The molecular formula is C41H76NO10P. The van der Waals surface area contributed by atoms with E-state index in [4.69, 9.17) is 24.8 Å². The number of phosphoric acid groups is 1. The second kappa shape index (κ2) is 36.9. The zero-order valence-electron chi connectivity index (χ0n) is 33.4. The van der Waals surface area contributed by atoms with Gasteiger partial charge in [-0.15, -0.1) is 0 Å². The average Bonchev–Trinajstić information content (AvgIpc) is 3.13. The van der Waals surface area contributed by atoms with E-state index in [0.29, 0.717) is 12.8 Å². The number of hydrogen-bond acceptors (Lipinski definition) is 9. The summed E-state index contributed by atoms with van der Waals surface area (Å²) in [6.07, 6.45) is 36.7. The Balaban J connectivity index is 4.33. The maximum Gasteiger partial charge on any atom is 0.472 e. The average molecular weight is 774 g/mol. The number of rotatable bonds is 39. The van der Waals surface area contributed by atoms with Gasteiger partial charge >= 0.3 is 25.7 Å². The molecule has 0 radical (unpaired) electrons. The summed E-state index contributed by atoms with van der Waals surface area (Å²) in [7, 11) is -4.71. The lowest BCUT2D eigenvalue weighted by atomic mass is 10.1. The van der Waals surface area contributed by atoms with Gasteiger partial charge in [0.15, 0.2) is 6.10 Å². The molecule has 0 aromatic rings. The van der Waals surface area contributed by atoms with Crippen LogP contribution in [0.1, 0.15) is 187 Å². The summed E-state index contributed by atoms with van der Waals surface area (Å²) in [6, 6.07) is -1.52. The van der Waals surface area contributed by atoms with Crippen molar-refractivity contribution in [1.29, 1.82) is 0 Å². The van der Waals surface area contributed by atoms with Crippen molar-refractivity contribution in [1.82, 2.24) is 0 Å². The molecule has 3 atom stereocenters. The molecule has 11 nitrogen and oxygen atoms in total. The van der Waals surface area contributed by atoms with Gasteiger partial charge in [0, 0.05) is 12.8 Å². The first-order valence-corrected chi connectivity index (χ1v) is 22.4. The number of carboxylic acids is 1. The number of unbranched alkanes of at least 4 members (excludes halogenated alkanes) is 21. The molecule has 4 N–H and O–H groups in total. The van der Waals surface area contributed by atoms with Gasteiger partial charge in [-0.25, -0.2) is 4.57 Å². The zero-order chi connectivity index (χ0) is 39.3. The minimum absolute atomic E-state index is 0.159. The highest BCUT2D eigenvalue weighted by atomic mass is 31.2. The molecule has 12 heteroatoms. The van der Waals surface area contributed by atoms with E-state index in [1.807, 2.05) is 0 Å². The van der Waals surface area contributed by atoms with Gasteiger partial charge in [-0.05, 0) is 44.9 Å². The number of allylic oxidation sites excluding steroid dienone is 4. The number of esters is 2. The lowest BCUT2D eigenvalue weighted by molar-refractivity contribution is -0.161. The van der Waals surface area contributed by atoms with Crippen LogP contribution in [0.15, 0.2) is 24.3 Å². The van der Waals surface area contributed by atoms with E-state index in [1.54, 1.807) is 0 Å². The molecule has 0 rings (SSSR count). The van der Waals surface area contributed by atoms with Crippen molar-refractivity contribution in [3.8, 4) is 0 Å². The molecule has 0 aliphatic rings. The van der Waals surface area contributed by atoms with Crippen LogP contribution in [0, 0.1) is 0 Å². The van der Waals surface area contributed by atoms with E-state index in [0.717, 1.165) is 51.4 Å². The Morgan fingerprint density at radius 3 is 1.51 bits per heavy atom. The Morgan fingerprint density at radius 1 is 0.585 bits per heavy atom. The molecule has 0 spiro atoms. The molecule has 0 heterocycles. The second-order valence-corrected chi connectivity index (χ2v) is 15.6. The van der Waals surface area contributed by atoms with Crippen molar-refractivity contribution in [2.45, 2.75) is 199 Å². The third-order valence-electron chi connectivity index (χ3n) is 8.95. The van der Waals surface area contributed by atoms with Crippen LogP contribution >= 0.6 is 7.82 Å². The molecule has 0 amide bonds. The van der Waals surface area contributed by atoms with Crippen molar-refractivity contribution in [3.05, 3.63) is 24.3 Å². The van der Waals surface area contributed by atoms with Gasteiger partial charge in [0.05, 0.1) is 13.2 Å². The summed E-state index contributed by atoms with van der Waals surface area (Å²) in [5.41, 5.74) is 5.32. The Labute approximate surface area is 321 Å².